The van der Waals surface area contributed by atoms with Crippen LogP contribution in [0.5, 0.6) is 0 Å². The Bertz CT molecular complexity index is 4010. The topological polar surface area (TPSA) is 413 Å². The number of unbranched alkanes of at least 4 members (excludes halogenated alkanes) is 1. The van der Waals surface area contributed by atoms with Gasteiger partial charge in [-0.05, 0) is 118 Å². The number of carbonyl (C=O) groups is 7. The summed E-state index contributed by atoms with van der Waals surface area (Å²) in [4.78, 5) is 103. The lowest BCUT2D eigenvalue weighted by Gasteiger charge is -2.42. The second-order valence-corrected chi connectivity index (χ2v) is 25.9. The van der Waals surface area contributed by atoms with Crippen LogP contribution in [0.1, 0.15) is 109 Å². The number of fused-ring (bicyclic) bond motifs is 7. The van der Waals surface area contributed by atoms with Gasteiger partial charge in [0.1, 0.15) is 30.7 Å². The average Bonchev–Trinajstić information content (AvgIpc) is 1.60. The Balaban J connectivity index is 0.00000145. The molecular weight excluding hydrogens is 1260 g/mol. The van der Waals surface area contributed by atoms with Gasteiger partial charge in [0.2, 0.25) is 41.1 Å². The molecule has 1 unspecified atom stereocenters. The molecule has 2 bridgehead atoms. The molecule has 498 valence electrons. The molecule has 11 N–H and O–H groups in total. The zero-order valence-corrected chi connectivity index (χ0v) is 54.8. The van der Waals surface area contributed by atoms with E-state index in [-0.39, 0.29) is 62.5 Å². The van der Waals surface area contributed by atoms with E-state index >= 15 is 0 Å². The molecule has 0 aromatic heterocycles. The zero-order chi connectivity index (χ0) is 68.2. The number of amides is 6. The summed E-state index contributed by atoms with van der Waals surface area (Å²) in [5.74, 6) is -6.31. The minimum Gasteiger partial charge on any atom is -0.481 e. The van der Waals surface area contributed by atoms with E-state index in [0.29, 0.717) is 36.1 Å². The summed E-state index contributed by atoms with van der Waals surface area (Å²) < 4.78 is 75.8. The van der Waals surface area contributed by atoms with E-state index in [4.69, 9.17) is 36.7 Å². The maximum Gasteiger partial charge on any atom is 0.425 e. The summed E-state index contributed by atoms with van der Waals surface area (Å²) in [5, 5.41) is 27.1. The molecule has 9 rings (SSSR count). The predicted octanol–water partition coefficient (Wildman–Crippen LogP) is 2.84. The van der Waals surface area contributed by atoms with Crippen LogP contribution >= 0.6 is 0 Å². The van der Waals surface area contributed by atoms with E-state index in [1.54, 1.807) is 12.1 Å². The largest absolute Gasteiger partial charge is 0.481 e. The zero-order valence-electron chi connectivity index (χ0n) is 52.3. The van der Waals surface area contributed by atoms with E-state index in [0.717, 1.165) is 28.9 Å². The Labute approximate surface area is 543 Å². The summed E-state index contributed by atoms with van der Waals surface area (Å²) in [6.45, 7) is 14.0. The highest BCUT2D eigenvalue weighted by Crippen LogP contribution is 2.51. The van der Waals surface area contributed by atoms with E-state index in [1.165, 1.54) is 38.2 Å². The highest BCUT2D eigenvalue weighted by molar-refractivity contribution is 7.79. The number of benzene rings is 4. The van der Waals surface area contributed by atoms with Gasteiger partial charge in [0.05, 0.1) is 23.3 Å². The van der Waals surface area contributed by atoms with Crippen molar-refractivity contribution in [3.8, 4) is 0 Å². The highest BCUT2D eigenvalue weighted by Gasteiger charge is 2.51. The van der Waals surface area contributed by atoms with Crippen LogP contribution in [-0.2, 0) is 76.7 Å². The molecule has 5 heterocycles. The number of nitrogens with two attached hydrogens (primary N) is 2. The molecule has 30 heteroatoms. The number of anilines is 1. The molecule has 3 saturated heterocycles. The number of carboxylic acid groups (broad SMARTS) is 1. The summed E-state index contributed by atoms with van der Waals surface area (Å²) >= 11 is -2.21. The lowest BCUT2D eigenvalue weighted by Crippen LogP contribution is -2.65. The van der Waals surface area contributed by atoms with Crippen molar-refractivity contribution in [2.75, 3.05) is 37.6 Å². The number of rotatable bonds is 18. The number of nitrogens with one attached hydrogen (secondary N) is 5. The fourth-order valence-electron chi connectivity index (χ4n) is 13.5. The SMILES string of the molecule is CCN1C(=CC=CC=CC2=[N+](CCCCC(=O)NC[C@@H]3C[C@@H]4CC[C@H]5C(=O)N[C@@H](CCCN=C(N)N)C(=O)NCC(=O)N[C@@H](CC(=O)O)C(=O)N[C@H]3C(=O)N45)c3ccc4c(S(=O)O)cccc4c3C2(C)C)C(C)(C)c2c1ccc1c(C)cccc21.O=S(=O)=O.O=S(=O)=O. The molecule has 4 aromatic carbocycles. The number of piperidine rings is 1. The molecular formula is C63H78N11O16S3+. The molecule has 93 heavy (non-hydrogen) atoms. The minimum absolute atomic E-state index is 0.0330. The van der Waals surface area contributed by atoms with Crippen LogP contribution in [-0.4, -0.2) is 165 Å². The van der Waals surface area contributed by atoms with Gasteiger partial charge < -0.3 is 57.5 Å². The number of allylic oxidation sites excluding steroid dienone is 6. The first-order valence-electron chi connectivity index (χ1n) is 30.2. The minimum atomic E-state index is -3.11. The fraction of sp³-hybridized carbons (Fsp3) is 0.444. The number of hydrogen-bond donors (Lipinski definition) is 9. The predicted molar refractivity (Wildman–Crippen MR) is 346 cm³/mol. The second kappa shape index (κ2) is 31.1. The molecule has 0 saturated carbocycles. The first-order chi connectivity index (χ1) is 44.0. The maximum absolute atomic E-state index is 14.6. The third kappa shape index (κ3) is 16.8. The molecule has 3 fully saturated rings. The number of aliphatic imine (C=N–C) groups is 1. The smallest absolute Gasteiger partial charge is 0.425 e. The monoisotopic (exact) mass is 1340 g/mol. The maximum atomic E-state index is 14.6. The van der Waals surface area contributed by atoms with Gasteiger partial charge in [0.15, 0.2) is 22.8 Å². The van der Waals surface area contributed by atoms with Crippen LogP contribution < -0.4 is 43.0 Å². The highest BCUT2D eigenvalue weighted by atomic mass is 32.2. The Hall–Kier alpha value is -9.00. The van der Waals surface area contributed by atoms with Gasteiger partial charge in [-0.3, -0.25) is 38.6 Å². The number of hydrogen-bond acceptors (Lipinski definition) is 16. The van der Waals surface area contributed by atoms with Crippen molar-refractivity contribution in [2.24, 2.45) is 22.4 Å². The molecule has 0 spiro atoms. The number of carbonyl (C=O) groups excluding carboxylic acids is 6. The number of carboxylic acids is 1. The molecule has 6 amide bonds. The van der Waals surface area contributed by atoms with Gasteiger partial charge in [-0.1, -0.05) is 68.5 Å². The second-order valence-electron chi connectivity index (χ2n) is 24.1. The Morgan fingerprint density at radius 2 is 1.45 bits per heavy atom. The summed E-state index contributed by atoms with van der Waals surface area (Å²) in [7, 11) is -6.22. The Kier molecular flexibility index (Phi) is 23.9. The molecule has 7 atom stereocenters. The third-order valence-electron chi connectivity index (χ3n) is 17.5. The Morgan fingerprint density at radius 1 is 0.774 bits per heavy atom. The summed E-state index contributed by atoms with van der Waals surface area (Å²) in [6, 6.07) is 14.7. The molecule has 0 radical (unpaired) electrons. The van der Waals surface area contributed by atoms with Crippen LogP contribution in [0.25, 0.3) is 21.5 Å². The van der Waals surface area contributed by atoms with Crippen LogP contribution in [0.4, 0.5) is 11.4 Å². The van der Waals surface area contributed by atoms with Crippen LogP contribution in [0.15, 0.2) is 107 Å². The van der Waals surface area contributed by atoms with Crippen molar-refractivity contribution in [3.05, 3.63) is 113 Å². The number of aryl methyl sites for hydroxylation is 1. The van der Waals surface area contributed by atoms with Gasteiger partial charge in [0, 0.05) is 84.3 Å². The Morgan fingerprint density at radius 3 is 2.12 bits per heavy atom. The first-order valence-corrected chi connectivity index (χ1v) is 33.4. The molecule has 4 aromatic rings. The normalized spacial score (nSPS) is 22.3. The van der Waals surface area contributed by atoms with Crippen LogP contribution in [0.2, 0.25) is 0 Å². The van der Waals surface area contributed by atoms with Crippen molar-refractivity contribution in [1.82, 2.24) is 31.5 Å². The van der Waals surface area contributed by atoms with Gasteiger partial charge >= 0.3 is 27.2 Å². The van der Waals surface area contributed by atoms with E-state index in [2.05, 4.69) is 131 Å². The van der Waals surface area contributed by atoms with Crippen molar-refractivity contribution >= 4 is 118 Å². The number of aliphatic carboxylic acids is 1. The van der Waals surface area contributed by atoms with Gasteiger partial charge in [0.25, 0.3) is 0 Å². The van der Waals surface area contributed by atoms with Gasteiger partial charge in [-0.2, -0.15) is 4.58 Å². The summed E-state index contributed by atoms with van der Waals surface area (Å²) in [5.41, 5.74) is 18.1. The quantitative estimate of drug-likeness (QED) is 0.0173. The van der Waals surface area contributed by atoms with Gasteiger partial charge in [-0.25, -0.2) is 4.21 Å². The fourth-order valence-corrected chi connectivity index (χ4v) is 14.1. The van der Waals surface area contributed by atoms with Crippen LogP contribution in [0, 0.1) is 12.8 Å². The van der Waals surface area contributed by atoms with Crippen molar-refractivity contribution < 1.29 is 77.3 Å². The number of guanidine groups is 1. The summed E-state index contributed by atoms with van der Waals surface area (Å²) in [6.07, 6.45) is 12.1. The molecule has 5 aliphatic rings. The number of nitrogens with zero attached hydrogens (tertiary/aromatic N) is 4. The van der Waals surface area contributed by atoms with E-state index in [1.807, 2.05) is 30.4 Å². The standard InChI is InChI=1S/C63H77N11O10S.2O3S/c1-7-72-45-28-25-39-36(2)16-13-17-41(39)54(45)62(3,4)49(72)21-9-8-10-22-50-63(5,6)55-42-18-14-20-48(85(83)84)40(42)26-29-46(55)73(50)31-12-11-23-51(75)67-34-37-32-38-24-27-47-59(81)70-43(19-15-30-66-61(64)65)57(79)68-35-52(76)69-44(33-53(77)78)58(80)71-56(37)60(82)74(38)47;2*1-4(2)3/h8-10,13-14,16-18,20-22,25-26,28-29,37-38,43-44,47,56H,7,11-12,15,19,23-24,27,30-35H2,1-6H3,(H10-,64,65,66,67,68,69,70,71,75,76,77,78,79,80,81,83,84);;/p+1/t37-,38-,43-,44-,47-,56+;;/m0../s1. The molecule has 27 nitrogen and oxygen atoms in total. The van der Waals surface area contributed by atoms with Gasteiger partial charge in [-0.15, -0.1) is 25.3 Å². The van der Waals surface area contributed by atoms with Crippen LogP contribution in [0.3, 0.4) is 0 Å². The molecule has 5 aliphatic heterocycles. The van der Waals surface area contributed by atoms with Crippen molar-refractivity contribution in [3.63, 3.8) is 0 Å². The average molecular weight is 1340 g/mol. The van der Waals surface area contributed by atoms with E-state index < -0.39 is 122 Å². The molecule has 0 aliphatic carbocycles. The first kappa shape index (κ1) is 71.4. The van der Waals surface area contributed by atoms with Crippen molar-refractivity contribution in [2.45, 2.75) is 145 Å². The van der Waals surface area contributed by atoms with E-state index in [9.17, 15) is 47.4 Å². The number of likely N-dealkylation sites (N-methyl/N-ethyl adjacent to an activating group) is 1. The van der Waals surface area contributed by atoms with Crippen molar-refractivity contribution in [1.29, 1.82) is 0 Å². The lowest BCUT2D eigenvalue weighted by atomic mass is 9.79. The third-order valence-corrected chi connectivity index (χ3v) is 18.2. The lowest BCUT2D eigenvalue weighted by molar-refractivity contribution is -0.438.